The first-order valence-electron chi connectivity index (χ1n) is 8.98. The van der Waals surface area contributed by atoms with E-state index < -0.39 is 0 Å². The summed E-state index contributed by atoms with van der Waals surface area (Å²) in [5, 5.41) is 0.869. The first-order chi connectivity index (χ1) is 12.6. The minimum Gasteiger partial charge on any atom is -0.345 e. The number of hydrogen-bond donors (Lipinski definition) is 0. The Labute approximate surface area is 158 Å². The van der Waals surface area contributed by atoms with Crippen molar-refractivity contribution in [2.45, 2.75) is 37.9 Å². The van der Waals surface area contributed by atoms with Gasteiger partial charge in [-0.3, -0.25) is 4.79 Å². The summed E-state index contributed by atoms with van der Waals surface area (Å²) < 4.78 is 4.38. The lowest BCUT2D eigenvalue weighted by atomic mass is 10.2. The molecule has 2 heterocycles. The molecular formula is C21H23N3OS. The molecule has 1 fully saturated rings. The Kier molecular flexibility index (Phi) is 4.49. The number of Topliss-reactive ketones (excluding diaryl/α,β-unsaturated/α-hetero) is 1. The lowest BCUT2D eigenvalue weighted by Gasteiger charge is -2.08. The van der Waals surface area contributed by atoms with Crippen LogP contribution in [0.5, 0.6) is 0 Å². The number of rotatable bonds is 6. The molecule has 0 spiro atoms. The third kappa shape index (κ3) is 3.12. The van der Waals surface area contributed by atoms with Gasteiger partial charge in [0.1, 0.15) is 0 Å². The second-order valence-corrected chi connectivity index (χ2v) is 7.89. The lowest BCUT2D eigenvalue weighted by Crippen LogP contribution is -2.06. The van der Waals surface area contributed by atoms with Crippen molar-refractivity contribution in [3.05, 3.63) is 59.5 Å². The van der Waals surface area contributed by atoms with Crippen LogP contribution in [0.3, 0.4) is 0 Å². The molecule has 4 rings (SSSR count). The fraction of sp³-hybridized carbons (Fsp3) is 0.333. The Hall–Kier alpha value is -2.27. The summed E-state index contributed by atoms with van der Waals surface area (Å²) in [6, 6.07) is 12.8. The van der Waals surface area contributed by atoms with Crippen molar-refractivity contribution in [2.75, 3.05) is 5.75 Å². The van der Waals surface area contributed by atoms with Crippen molar-refractivity contribution in [3.8, 4) is 11.3 Å². The van der Waals surface area contributed by atoms with Crippen LogP contribution >= 0.6 is 11.8 Å². The highest BCUT2D eigenvalue weighted by molar-refractivity contribution is 7.99. The van der Waals surface area contributed by atoms with Gasteiger partial charge in [-0.1, -0.05) is 42.1 Å². The van der Waals surface area contributed by atoms with E-state index in [1.807, 2.05) is 37.5 Å². The van der Waals surface area contributed by atoms with Crippen LogP contribution in [0.15, 0.2) is 47.8 Å². The summed E-state index contributed by atoms with van der Waals surface area (Å²) in [6.07, 6.45) is 4.34. The molecular weight excluding hydrogens is 342 g/mol. The fourth-order valence-electron chi connectivity index (χ4n) is 3.57. The van der Waals surface area contributed by atoms with Gasteiger partial charge in [0, 0.05) is 30.0 Å². The average Bonchev–Trinajstić information content (AvgIpc) is 3.34. The van der Waals surface area contributed by atoms with Gasteiger partial charge in [-0.2, -0.15) is 0 Å². The molecule has 3 aromatic rings. The highest BCUT2D eigenvalue weighted by atomic mass is 32.2. The number of thioether (sulfide) groups is 1. The van der Waals surface area contributed by atoms with E-state index in [9.17, 15) is 4.79 Å². The third-order valence-corrected chi connectivity index (χ3v) is 6.09. The van der Waals surface area contributed by atoms with Gasteiger partial charge in [-0.15, -0.1) is 0 Å². The molecule has 1 saturated carbocycles. The maximum absolute atomic E-state index is 12.8. The summed E-state index contributed by atoms with van der Waals surface area (Å²) in [5.41, 5.74) is 5.36. The van der Waals surface area contributed by atoms with Gasteiger partial charge in [0.05, 0.1) is 17.6 Å². The summed E-state index contributed by atoms with van der Waals surface area (Å²) >= 11 is 1.51. The molecule has 134 valence electrons. The van der Waals surface area contributed by atoms with Crippen LogP contribution in [0.2, 0.25) is 0 Å². The van der Waals surface area contributed by atoms with E-state index >= 15 is 0 Å². The number of carbonyl (C=O) groups excluding carboxylic acids is 1. The van der Waals surface area contributed by atoms with Gasteiger partial charge in [0.2, 0.25) is 0 Å². The molecule has 4 nitrogen and oxygen atoms in total. The average molecular weight is 366 g/mol. The molecule has 0 aliphatic heterocycles. The van der Waals surface area contributed by atoms with Crippen LogP contribution in [0.25, 0.3) is 11.3 Å². The second-order valence-electron chi connectivity index (χ2n) is 6.95. The van der Waals surface area contributed by atoms with Crippen molar-refractivity contribution in [1.29, 1.82) is 0 Å². The van der Waals surface area contributed by atoms with Gasteiger partial charge >= 0.3 is 0 Å². The molecule has 1 aliphatic carbocycles. The molecule has 1 aliphatic rings. The quantitative estimate of drug-likeness (QED) is 0.465. The topological polar surface area (TPSA) is 39.8 Å². The van der Waals surface area contributed by atoms with E-state index in [2.05, 4.69) is 40.1 Å². The summed E-state index contributed by atoms with van der Waals surface area (Å²) in [6.45, 7) is 4.16. The van der Waals surface area contributed by atoms with Gasteiger partial charge in [-0.05, 0) is 38.3 Å². The third-order valence-electron chi connectivity index (χ3n) is 5.04. The Morgan fingerprint density at radius 3 is 2.65 bits per heavy atom. The zero-order valence-corrected chi connectivity index (χ0v) is 16.2. The number of nitrogens with zero attached hydrogens (tertiary/aromatic N) is 3. The minimum absolute atomic E-state index is 0.180. The first kappa shape index (κ1) is 17.2. The van der Waals surface area contributed by atoms with Crippen molar-refractivity contribution in [1.82, 2.24) is 14.1 Å². The van der Waals surface area contributed by atoms with Crippen molar-refractivity contribution >= 4 is 17.5 Å². The summed E-state index contributed by atoms with van der Waals surface area (Å²) in [7, 11) is 2.00. The first-order valence-corrected chi connectivity index (χ1v) is 9.96. The van der Waals surface area contributed by atoms with Crippen LogP contribution < -0.4 is 0 Å². The Balaban J connectivity index is 1.49. The minimum atomic E-state index is 0.180. The molecule has 0 atom stereocenters. The van der Waals surface area contributed by atoms with Crippen LogP contribution in [0.4, 0.5) is 0 Å². The number of aryl methyl sites for hydroxylation is 1. The van der Waals surface area contributed by atoms with Crippen LogP contribution in [0.1, 0.15) is 40.6 Å². The molecule has 1 aromatic carbocycles. The molecule has 0 N–H and O–H groups in total. The monoisotopic (exact) mass is 365 g/mol. The number of imidazole rings is 1. The van der Waals surface area contributed by atoms with E-state index in [1.165, 1.54) is 30.3 Å². The van der Waals surface area contributed by atoms with Gasteiger partial charge in [0.15, 0.2) is 10.9 Å². The van der Waals surface area contributed by atoms with Crippen molar-refractivity contribution in [3.63, 3.8) is 0 Å². The molecule has 2 aromatic heterocycles. The Bertz CT molecular complexity index is 951. The predicted octanol–water partition coefficient (Wildman–Crippen LogP) is 4.82. The summed E-state index contributed by atoms with van der Waals surface area (Å²) in [4.78, 5) is 17.3. The summed E-state index contributed by atoms with van der Waals surface area (Å²) in [5.74, 6) is 0.591. The maximum atomic E-state index is 12.8. The van der Waals surface area contributed by atoms with Gasteiger partial charge in [0.25, 0.3) is 0 Å². The molecule has 0 amide bonds. The standard InChI is InChI=1S/C21H23N3OS/c1-14-11-18(15(2)24(14)17-9-10-17)20(25)13-26-21-22-12-19(23(21)3)16-7-5-4-6-8-16/h4-8,11-12,17H,9-10,13H2,1-3H3. The number of hydrogen-bond acceptors (Lipinski definition) is 3. The van der Waals surface area contributed by atoms with Crippen LogP contribution in [-0.4, -0.2) is 25.7 Å². The number of ketones is 1. The number of benzene rings is 1. The Morgan fingerprint density at radius 1 is 1.23 bits per heavy atom. The van der Waals surface area contributed by atoms with E-state index in [4.69, 9.17) is 0 Å². The molecule has 0 saturated heterocycles. The van der Waals surface area contributed by atoms with E-state index in [1.54, 1.807) is 0 Å². The lowest BCUT2D eigenvalue weighted by molar-refractivity contribution is 0.102. The Morgan fingerprint density at radius 2 is 1.96 bits per heavy atom. The van der Waals surface area contributed by atoms with Gasteiger partial charge in [-0.25, -0.2) is 4.98 Å². The van der Waals surface area contributed by atoms with Crippen molar-refractivity contribution in [2.24, 2.45) is 7.05 Å². The van der Waals surface area contributed by atoms with Crippen molar-refractivity contribution < 1.29 is 4.79 Å². The second kappa shape index (κ2) is 6.80. The highest BCUT2D eigenvalue weighted by Crippen LogP contribution is 2.38. The zero-order chi connectivity index (χ0) is 18.3. The van der Waals surface area contributed by atoms with E-state index in [0.29, 0.717) is 11.8 Å². The van der Waals surface area contributed by atoms with Crippen LogP contribution in [0, 0.1) is 13.8 Å². The number of aromatic nitrogens is 3. The molecule has 0 unspecified atom stereocenters. The van der Waals surface area contributed by atoms with Crippen LogP contribution in [-0.2, 0) is 7.05 Å². The smallest absolute Gasteiger partial charge is 0.175 e. The van der Waals surface area contributed by atoms with E-state index in [-0.39, 0.29) is 5.78 Å². The zero-order valence-electron chi connectivity index (χ0n) is 15.4. The molecule has 0 radical (unpaired) electrons. The predicted molar refractivity (Wildman–Crippen MR) is 106 cm³/mol. The number of carbonyl (C=O) groups is 1. The molecule has 26 heavy (non-hydrogen) atoms. The molecule has 0 bridgehead atoms. The maximum Gasteiger partial charge on any atom is 0.175 e. The molecule has 5 heteroatoms. The normalized spacial score (nSPS) is 14.0. The highest BCUT2D eigenvalue weighted by Gasteiger charge is 2.28. The van der Waals surface area contributed by atoms with E-state index in [0.717, 1.165) is 27.7 Å². The fourth-order valence-corrected chi connectivity index (χ4v) is 4.40. The largest absolute Gasteiger partial charge is 0.345 e. The van der Waals surface area contributed by atoms with Gasteiger partial charge < -0.3 is 9.13 Å². The SMILES string of the molecule is Cc1cc(C(=O)CSc2ncc(-c3ccccc3)n2C)c(C)n1C1CC1.